The maximum Gasteiger partial charge on any atom is 0.0966 e. The molecule has 0 fully saturated rings. The fourth-order valence-electron chi connectivity index (χ4n) is 2.58. The van der Waals surface area contributed by atoms with Crippen LogP contribution in [0.1, 0.15) is 58.4 Å². The lowest BCUT2D eigenvalue weighted by Gasteiger charge is -2.28. The first-order valence-corrected chi connectivity index (χ1v) is 7.37. The van der Waals surface area contributed by atoms with Gasteiger partial charge in [-0.1, -0.05) is 40.0 Å². The maximum absolute atomic E-state index is 9.46. The Morgan fingerprint density at radius 3 is 2.63 bits per heavy atom. The minimum atomic E-state index is -0.735. The van der Waals surface area contributed by atoms with Gasteiger partial charge in [-0.3, -0.25) is 4.68 Å². The van der Waals surface area contributed by atoms with E-state index in [-0.39, 0.29) is 12.0 Å². The lowest BCUT2D eigenvalue weighted by atomic mass is 9.76. The average Bonchev–Trinajstić information content (AvgIpc) is 2.85. The molecule has 0 aliphatic heterocycles. The third-order valence-corrected chi connectivity index (χ3v) is 3.82. The van der Waals surface area contributed by atoms with Crippen LogP contribution in [0.25, 0.3) is 0 Å². The second-order valence-corrected chi connectivity index (χ2v) is 5.70. The lowest BCUT2D eigenvalue weighted by Crippen LogP contribution is -2.22. The van der Waals surface area contributed by atoms with E-state index in [9.17, 15) is 5.11 Å². The molecule has 2 atom stereocenters. The highest BCUT2D eigenvalue weighted by molar-refractivity contribution is 5.18. The summed E-state index contributed by atoms with van der Waals surface area (Å²) in [6.45, 7) is 6.86. The van der Waals surface area contributed by atoms with Crippen LogP contribution < -0.4 is 0 Å². The van der Waals surface area contributed by atoms with Gasteiger partial charge in [0.1, 0.15) is 0 Å². The van der Waals surface area contributed by atoms with Crippen molar-refractivity contribution in [2.24, 2.45) is 0 Å². The van der Waals surface area contributed by atoms with Gasteiger partial charge in [0.2, 0.25) is 0 Å². The Kier molecular flexibility index (Phi) is 6.52. The minimum absolute atomic E-state index is 0.174. The van der Waals surface area contributed by atoms with Crippen LogP contribution in [0.15, 0.2) is 12.4 Å². The van der Waals surface area contributed by atoms with E-state index in [1.165, 1.54) is 24.8 Å². The Balaban J connectivity index is 2.79. The summed E-state index contributed by atoms with van der Waals surface area (Å²) in [5.74, 6) is 0. The summed E-state index contributed by atoms with van der Waals surface area (Å²) in [5, 5.41) is 22.6. The minimum Gasteiger partial charge on any atom is -0.394 e. The normalized spacial score (nSPS) is 16.3. The summed E-state index contributed by atoms with van der Waals surface area (Å²) < 4.78 is 1.73. The zero-order chi connectivity index (χ0) is 14.3. The monoisotopic (exact) mass is 268 g/mol. The van der Waals surface area contributed by atoms with Gasteiger partial charge in [0.25, 0.3) is 0 Å². The summed E-state index contributed by atoms with van der Waals surface area (Å²) in [7, 11) is 0. The van der Waals surface area contributed by atoms with Gasteiger partial charge in [0, 0.05) is 6.20 Å². The Bertz CT molecular complexity index is 365. The Morgan fingerprint density at radius 2 is 2.05 bits per heavy atom. The van der Waals surface area contributed by atoms with Crippen molar-refractivity contribution < 1.29 is 10.2 Å². The van der Waals surface area contributed by atoms with Gasteiger partial charge in [0.05, 0.1) is 25.5 Å². The largest absolute Gasteiger partial charge is 0.394 e. The third kappa shape index (κ3) is 4.62. The number of aromatic nitrogens is 2. The summed E-state index contributed by atoms with van der Waals surface area (Å²) in [6.07, 6.45) is 9.11. The maximum atomic E-state index is 9.46. The fraction of sp³-hybridized carbons (Fsp3) is 0.800. The van der Waals surface area contributed by atoms with Crippen LogP contribution in [0.4, 0.5) is 0 Å². The number of aliphatic hydroxyl groups excluding tert-OH is 2. The molecular weight excluding hydrogens is 240 g/mol. The van der Waals surface area contributed by atoms with Crippen LogP contribution in [0.2, 0.25) is 0 Å². The van der Waals surface area contributed by atoms with Gasteiger partial charge >= 0.3 is 0 Å². The van der Waals surface area contributed by atoms with E-state index >= 15 is 0 Å². The highest BCUT2D eigenvalue weighted by atomic mass is 16.3. The van der Waals surface area contributed by atoms with E-state index in [2.05, 4.69) is 25.9 Å². The van der Waals surface area contributed by atoms with Gasteiger partial charge in [-0.15, -0.1) is 0 Å². The Morgan fingerprint density at radius 1 is 1.32 bits per heavy atom. The number of nitrogens with zero attached hydrogens (tertiary/aromatic N) is 2. The van der Waals surface area contributed by atoms with Crippen LogP contribution in [-0.4, -0.2) is 32.7 Å². The third-order valence-electron chi connectivity index (χ3n) is 3.82. The molecule has 0 spiro atoms. The number of unbranched alkanes of at least 4 members (excludes halogenated alkanes) is 1. The summed E-state index contributed by atoms with van der Waals surface area (Å²) in [5.41, 5.74) is 1.42. The molecule has 1 aromatic heterocycles. The topological polar surface area (TPSA) is 58.3 Å². The van der Waals surface area contributed by atoms with Crippen LogP contribution in [0.5, 0.6) is 0 Å². The average molecular weight is 268 g/mol. The summed E-state index contributed by atoms with van der Waals surface area (Å²) >= 11 is 0. The lowest BCUT2D eigenvalue weighted by molar-refractivity contribution is 0.0782. The first kappa shape index (κ1) is 16.2. The van der Waals surface area contributed by atoms with Gasteiger partial charge < -0.3 is 10.2 Å². The van der Waals surface area contributed by atoms with Crippen LogP contribution in [0, 0.1) is 0 Å². The van der Waals surface area contributed by atoms with E-state index in [4.69, 9.17) is 5.11 Å². The quantitative estimate of drug-likeness (QED) is 0.723. The van der Waals surface area contributed by atoms with Crippen LogP contribution in [-0.2, 0) is 12.0 Å². The molecule has 110 valence electrons. The molecule has 1 rings (SSSR count). The Hall–Kier alpha value is -0.870. The fourth-order valence-corrected chi connectivity index (χ4v) is 2.58. The van der Waals surface area contributed by atoms with Crippen molar-refractivity contribution in [2.75, 3.05) is 6.61 Å². The second-order valence-electron chi connectivity index (χ2n) is 5.70. The standard InChI is InChI=1S/C15H28N2O2/c1-4-6-8-15(3,7-5-2)13-9-16-17(10-13)11-14(19)12-18/h9-10,14,18-19H,4-8,11-12H2,1-3H3. The van der Waals surface area contributed by atoms with E-state index in [0.29, 0.717) is 6.54 Å². The van der Waals surface area contributed by atoms with Crippen LogP contribution in [0.3, 0.4) is 0 Å². The molecule has 19 heavy (non-hydrogen) atoms. The Labute approximate surface area is 116 Å². The molecule has 4 heteroatoms. The molecule has 2 unspecified atom stereocenters. The van der Waals surface area contributed by atoms with Crippen molar-refractivity contribution >= 4 is 0 Å². The van der Waals surface area contributed by atoms with E-state index in [1.807, 2.05) is 12.4 Å². The second kappa shape index (κ2) is 7.65. The van der Waals surface area contributed by atoms with Gasteiger partial charge in [0.15, 0.2) is 0 Å². The van der Waals surface area contributed by atoms with Gasteiger partial charge in [-0.25, -0.2) is 0 Å². The van der Waals surface area contributed by atoms with Crippen molar-refractivity contribution in [3.05, 3.63) is 18.0 Å². The zero-order valence-electron chi connectivity index (χ0n) is 12.5. The molecular formula is C15H28N2O2. The SMILES string of the molecule is CCCCC(C)(CCC)c1cnn(CC(O)CO)c1. The van der Waals surface area contributed by atoms with Gasteiger partial charge in [-0.2, -0.15) is 5.10 Å². The highest BCUT2D eigenvalue weighted by Crippen LogP contribution is 2.34. The van der Waals surface area contributed by atoms with Gasteiger partial charge in [-0.05, 0) is 23.8 Å². The molecule has 0 aromatic carbocycles. The van der Waals surface area contributed by atoms with Crippen LogP contribution >= 0.6 is 0 Å². The summed E-state index contributed by atoms with van der Waals surface area (Å²) in [4.78, 5) is 0. The number of rotatable bonds is 9. The van der Waals surface area contributed by atoms with E-state index in [0.717, 1.165) is 12.8 Å². The number of hydrogen-bond donors (Lipinski definition) is 2. The predicted molar refractivity (Wildman–Crippen MR) is 77.1 cm³/mol. The van der Waals surface area contributed by atoms with Crippen molar-refractivity contribution in [3.63, 3.8) is 0 Å². The molecule has 4 nitrogen and oxygen atoms in total. The van der Waals surface area contributed by atoms with Crippen molar-refractivity contribution in [1.29, 1.82) is 0 Å². The first-order valence-electron chi connectivity index (χ1n) is 7.37. The van der Waals surface area contributed by atoms with Crippen molar-refractivity contribution in [1.82, 2.24) is 9.78 Å². The summed E-state index contributed by atoms with van der Waals surface area (Å²) in [6, 6.07) is 0. The molecule has 1 aromatic rings. The molecule has 0 saturated carbocycles. The molecule has 0 bridgehead atoms. The van der Waals surface area contributed by atoms with E-state index < -0.39 is 6.10 Å². The number of hydrogen-bond acceptors (Lipinski definition) is 3. The molecule has 1 heterocycles. The predicted octanol–water partition coefficient (Wildman–Crippen LogP) is 2.48. The van der Waals surface area contributed by atoms with Crippen molar-refractivity contribution in [3.8, 4) is 0 Å². The number of aliphatic hydroxyl groups is 2. The molecule has 0 amide bonds. The molecule has 0 aliphatic rings. The van der Waals surface area contributed by atoms with E-state index in [1.54, 1.807) is 4.68 Å². The molecule has 0 aliphatic carbocycles. The molecule has 0 radical (unpaired) electrons. The molecule has 0 saturated heterocycles. The smallest absolute Gasteiger partial charge is 0.0966 e. The highest BCUT2D eigenvalue weighted by Gasteiger charge is 2.26. The first-order chi connectivity index (χ1) is 9.05. The zero-order valence-corrected chi connectivity index (χ0v) is 12.5. The molecule has 2 N–H and O–H groups in total. The van der Waals surface area contributed by atoms with Crippen molar-refractivity contribution in [2.45, 2.75) is 70.9 Å².